The van der Waals surface area contributed by atoms with Gasteiger partial charge in [-0.05, 0) is 18.2 Å². The number of hydrogen-bond donors (Lipinski definition) is 1. The minimum absolute atomic E-state index is 0.295. The summed E-state index contributed by atoms with van der Waals surface area (Å²) in [7, 11) is 0. The Morgan fingerprint density at radius 2 is 1.86 bits per heavy atom. The van der Waals surface area contributed by atoms with E-state index in [-0.39, 0.29) is 0 Å². The number of nitrogens with zero attached hydrogens (tertiary/aromatic N) is 3. The van der Waals surface area contributed by atoms with E-state index in [1.165, 1.54) is 11.8 Å². The number of rotatable bonds is 2. The van der Waals surface area contributed by atoms with Crippen LogP contribution in [0.2, 0.25) is 0 Å². The zero-order chi connectivity index (χ0) is 9.80. The molecule has 0 aliphatic rings. The highest BCUT2D eigenvalue weighted by molar-refractivity contribution is 7.99. The summed E-state index contributed by atoms with van der Waals surface area (Å²) in [6.07, 6.45) is 5.13. The van der Waals surface area contributed by atoms with Crippen LogP contribution >= 0.6 is 11.8 Å². The first kappa shape index (κ1) is 8.96. The molecule has 0 unspecified atom stereocenters. The van der Waals surface area contributed by atoms with Gasteiger partial charge in [0.25, 0.3) is 0 Å². The van der Waals surface area contributed by atoms with Gasteiger partial charge in [-0.3, -0.25) is 4.98 Å². The maximum absolute atomic E-state index is 5.46. The zero-order valence-corrected chi connectivity index (χ0v) is 8.11. The molecule has 0 aliphatic carbocycles. The highest BCUT2D eigenvalue weighted by atomic mass is 32.2. The first-order chi connectivity index (χ1) is 6.84. The average Bonchev–Trinajstić information content (AvgIpc) is 2.19. The summed E-state index contributed by atoms with van der Waals surface area (Å²) in [5, 5.41) is 0.837. The van der Waals surface area contributed by atoms with Gasteiger partial charge in [0, 0.05) is 23.5 Å². The molecule has 2 aromatic rings. The molecule has 0 saturated heterocycles. The van der Waals surface area contributed by atoms with Gasteiger partial charge in [0.05, 0.1) is 0 Å². The lowest BCUT2D eigenvalue weighted by atomic mass is 10.5. The van der Waals surface area contributed by atoms with Gasteiger partial charge >= 0.3 is 0 Å². The summed E-state index contributed by atoms with van der Waals surface area (Å²) in [5.41, 5.74) is 5.46. The molecular formula is C9H8N4S. The van der Waals surface area contributed by atoms with Crippen molar-refractivity contribution in [2.24, 2.45) is 0 Å². The number of nitrogen functional groups attached to an aromatic ring is 1. The third-order valence-corrected chi connectivity index (χ3v) is 2.47. The molecule has 0 spiro atoms. The lowest BCUT2D eigenvalue weighted by Crippen LogP contribution is -1.93. The van der Waals surface area contributed by atoms with Gasteiger partial charge in [-0.1, -0.05) is 11.8 Å². The van der Waals surface area contributed by atoms with Crippen molar-refractivity contribution in [1.29, 1.82) is 0 Å². The molecular weight excluding hydrogens is 196 g/mol. The van der Waals surface area contributed by atoms with Crippen LogP contribution in [0.5, 0.6) is 0 Å². The smallest absolute Gasteiger partial charge is 0.221 e. The Bertz CT molecular complexity index is 418. The predicted octanol–water partition coefficient (Wildman–Crippen LogP) is 1.60. The van der Waals surface area contributed by atoms with E-state index in [0.29, 0.717) is 5.95 Å². The molecule has 0 saturated carbocycles. The van der Waals surface area contributed by atoms with Crippen molar-refractivity contribution in [2.45, 2.75) is 9.92 Å². The summed E-state index contributed by atoms with van der Waals surface area (Å²) in [5.74, 6) is 0.295. The summed E-state index contributed by atoms with van der Waals surface area (Å²) in [6, 6.07) is 5.66. The van der Waals surface area contributed by atoms with Crippen LogP contribution in [0.1, 0.15) is 0 Å². The minimum atomic E-state index is 0.295. The van der Waals surface area contributed by atoms with Crippen molar-refractivity contribution < 1.29 is 0 Å². The van der Waals surface area contributed by atoms with E-state index in [0.717, 1.165) is 9.92 Å². The Hall–Kier alpha value is -1.62. The molecule has 2 N–H and O–H groups in total. The van der Waals surface area contributed by atoms with E-state index in [1.807, 2.05) is 18.2 Å². The Morgan fingerprint density at radius 1 is 1.07 bits per heavy atom. The molecule has 5 heteroatoms. The summed E-state index contributed by atoms with van der Waals surface area (Å²) in [6.45, 7) is 0. The van der Waals surface area contributed by atoms with Crippen LogP contribution in [0, 0.1) is 0 Å². The molecule has 2 rings (SSSR count). The van der Waals surface area contributed by atoms with Gasteiger partial charge in [0.2, 0.25) is 5.95 Å². The van der Waals surface area contributed by atoms with Gasteiger partial charge in [0.15, 0.2) is 0 Å². The molecule has 0 aromatic carbocycles. The fraction of sp³-hybridized carbons (Fsp3) is 0. The maximum atomic E-state index is 5.46. The average molecular weight is 204 g/mol. The fourth-order valence-corrected chi connectivity index (χ4v) is 1.71. The molecule has 4 nitrogen and oxygen atoms in total. The number of anilines is 1. The van der Waals surface area contributed by atoms with Crippen molar-refractivity contribution in [3.8, 4) is 0 Å². The highest BCUT2D eigenvalue weighted by Crippen LogP contribution is 2.24. The van der Waals surface area contributed by atoms with Gasteiger partial charge < -0.3 is 5.73 Å². The molecule has 70 valence electrons. The van der Waals surface area contributed by atoms with Gasteiger partial charge in [-0.25, -0.2) is 9.97 Å². The predicted molar refractivity (Wildman–Crippen MR) is 54.8 cm³/mol. The third-order valence-electron chi connectivity index (χ3n) is 1.52. The standard InChI is InChI=1S/C9H8N4S/c10-9-12-6-3-8(13-9)14-7-1-4-11-5-2-7/h1-6H,(H2,10,12,13). The van der Waals surface area contributed by atoms with E-state index in [2.05, 4.69) is 15.0 Å². The quantitative estimate of drug-likeness (QED) is 0.753. The Kier molecular flexibility index (Phi) is 2.60. The molecule has 14 heavy (non-hydrogen) atoms. The van der Waals surface area contributed by atoms with Crippen molar-refractivity contribution in [3.63, 3.8) is 0 Å². The second kappa shape index (κ2) is 4.06. The molecule has 2 heterocycles. The highest BCUT2D eigenvalue weighted by Gasteiger charge is 1.98. The van der Waals surface area contributed by atoms with Crippen LogP contribution in [-0.2, 0) is 0 Å². The van der Waals surface area contributed by atoms with Gasteiger partial charge in [-0.15, -0.1) is 0 Å². The van der Waals surface area contributed by atoms with E-state index in [1.54, 1.807) is 18.6 Å². The maximum Gasteiger partial charge on any atom is 0.221 e. The number of nitrogens with two attached hydrogens (primary N) is 1. The van der Waals surface area contributed by atoms with Crippen molar-refractivity contribution in [1.82, 2.24) is 15.0 Å². The van der Waals surface area contributed by atoms with Crippen LogP contribution in [0.3, 0.4) is 0 Å². The van der Waals surface area contributed by atoms with E-state index in [4.69, 9.17) is 5.73 Å². The second-order valence-corrected chi connectivity index (χ2v) is 3.63. The Morgan fingerprint density at radius 3 is 2.57 bits per heavy atom. The first-order valence-electron chi connectivity index (χ1n) is 4.01. The lowest BCUT2D eigenvalue weighted by molar-refractivity contribution is 1.06. The van der Waals surface area contributed by atoms with Crippen LogP contribution in [0.25, 0.3) is 0 Å². The van der Waals surface area contributed by atoms with E-state index < -0.39 is 0 Å². The van der Waals surface area contributed by atoms with Gasteiger partial charge in [0.1, 0.15) is 5.03 Å². The topological polar surface area (TPSA) is 64.7 Å². The fourth-order valence-electron chi connectivity index (χ4n) is 0.940. The molecule has 0 amide bonds. The number of hydrogen-bond acceptors (Lipinski definition) is 5. The Balaban J connectivity index is 2.19. The normalized spacial score (nSPS) is 10.0. The third kappa shape index (κ3) is 2.20. The first-order valence-corrected chi connectivity index (χ1v) is 4.82. The van der Waals surface area contributed by atoms with Crippen LogP contribution in [0.4, 0.5) is 5.95 Å². The molecule has 0 radical (unpaired) electrons. The van der Waals surface area contributed by atoms with E-state index in [9.17, 15) is 0 Å². The van der Waals surface area contributed by atoms with Crippen molar-refractivity contribution >= 4 is 17.7 Å². The van der Waals surface area contributed by atoms with Crippen LogP contribution in [-0.4, -0.2) is 15.0 Å². The molecule has 0 atom stereocenters. The van der Waals surface area contributed by atoms with E-state index >= 15 is 0 Å². The second-order valence-electron chi connectivity index (χ2n) is 2.54. The van der Waals surface area contributed by atoms with Crippen LogP contribution in [0.15, 0.2) is 46.7 Å². The Labute approximate surface area is 85.6 Å². The summed E-state index contributed by atoms with van der Waals surface area (Å²) < 4.78 is 0. The molecule has 0 bridgehead atoms. The molecule has 0 aliphatic heterocycles. The SMILES string of the molecule is Nc1nccc(Sc2ccncc2)n1. The molecule has 2 aromatic heterocycles. The zero-order valence-electron chi connectivity index (χ0n) is 7.29. The number of pyridine rings is 1. The van der Waals surface area contributed by atoms with Gasteiger partial charge in [-0.2, -0.15) is 0 Å². The lowest BCUT2D eigenvalue weighted by Gasteiger charge is -1.99. The van der Waals surface area contributed by atoms with Crippen molar-refractivity contribution in [2.75, 3.05) is 5.73 Å². The van der Waals surface area contributed by atoms with Crippen molar-refractivity contribution in [3.05, 3.63) is 36.8 Å². The summed E-state index contributed by atoms with van der Waals surface area (Å²) in [4.78, 5) is 12.9. The summed E-state index contributed by atoms with van der Waals surface area (Å²) >= 11 is 1.53. The van der Waals surface area contributed by atoms with Crippen LogP contribution < -0.4 is 5.73 Å². The number of aromatic nitrogens is 3. The largest absolute Gasteiger partial charge is 0.368 e. The minimum Gasteiger partial charge on any atom is -0.368 e. The monoisotopic (exact) mass is 204 g/mol. The molecule has 0 fully saturated rings.